The van der Waals surface area contributed by atoms with Crippen LogP contribution in [0.1, 0.15) is 70.8 Å². The molecule has 1 heterocycles. The van der Waals surface area contributed by atoms with Gasteiger partial charge < -0.3 is 9.30 Å². The highest BCUT2D eigenvalue weighted by Gasteiger charge is 2.30. The molecule has 0 spiro atoms. The molecule has 0 amide bonds. The third kappa shape index (κ3) is 5.03. The van der Waals surface area contributed by atoms with E-state index in [0.717, 1.165) is 40.8 Å². The van der Waals surface area contributed by atoms with Crippen molar-refractivity contribution >= 4 is 35.0 Å². The lowest BCUT2D eigenvalue weighted by Gasteiger charge is -2.24. The first-order valence-electron chi connectivity index (χ1n) is 9.68. The van der Waals surface area contributed by atoms with E-state index < -0.39 is 0 Å². The maximum Gasteiger partial charge on any atom is 0.136 e. The van der Waals surface area contributed by atoms with Gasteiger partial charge in [0, 0.05) is 21.5 Å². The molecule has 1 aliphatic carbocycles. The molecule has 0 aliphatic heterocycles. The van der Waals surface area contributed by atoms with Gasteiger partial charge in [0.05, 0.1) is 11.3 Å². The van der Waals surface area contributed by atoms with Crippen molar-refractivity contribution in [1.82, 2.24) is 9.55 Å². The van der Waals surface area contributed by atoms with E-state index in [1.165, 1.54) is 12.8 Å². The van der Waals surface area contributed by atoms with Gasteiger partial charge in [0.2, 0.25) is 0 Å². The Morgan fingerprint density at radius 3 is 2.37 bits per heavy atom. The van der Waals surface area contributed by atoms with Crippen molar-refractivity contribution in [2.45, 2.75) is 88.0 Å². The fourth-order valence-electron chi connectivity index (χ4n) is 3.63. The molecule has 1 aromatic heterocycles. The molecule has 3 rings (SSSR count). The van der Waals surface area contributed by atoms with Gasteiger partial charge in [0.25, 0.3) is 0 Å². The lowest BCUT2D eigenvalue weighted by molar-refractivity contribution is -0.0417. The Morgan fingerprint density at radius 1 is 1.19 bits per heavy atom. The van der Waals surface area contributed by atoms with Crippen molar-refractivity contribution in [3.05, 3.63) is 39.8 Å². The zero-order chi connectivity index (χ0) is 19.6. The molecule has 0 N–H and O–H groups in total. The first-order chi connectivity index (χ1) is 12.8. The number of rotatable bonds is 7. The molecular weight excluding hydrogens is 399 g/mol. The zero-order valence-electron chi connectivity index (χ0n) is 16.5. The van der Waals surface area contributed by atoms with Gasteiger partial charge in [-0.25, -0.2) is 4.98 Å². The summed E-state index contributed by atoms with van der Waals surface area (Å²) in [5.41, 5.74) is 1.10. The van der Waals surface area contributed by atoms with Crippen LogP contribution in [0.4, 0.5) is 0 Å². The molecule has 0 radical (unpaired) electrons. The van der Waals surface area contributed by atoms with Crippen LogP contribution in [0.25, 0.3) is 0 Å². The topological polar surface area (TPSA) is 27.1 Å². The molecule has 1 aliphatic rings. The molecule has 27 heavy (non-hydrogen) atoms. The lowest BCUT2D eigenvalue weighted by Crippen LogP contribution is -2.24. The minimum atomic E-state index is -0.00367. The third-order valence-corrected chi connectivity index (χ3v) is 6.68. The van der Waals surface area contributed by atoms with E-state index in [2.05, 4.69) is 32.3 Å². The minimum absolute atomic E-state index is 0.00367. The second kappa shape index (κ2) is 8.77. The van der Waals surface area contributed by atoms with E-state index >= 15 is 0 Å². The number of nitrogens with zero attached hydrogens (tertiary/aromatic N) is 2. The predicted octanol–water partition coefficient (Wildman–Crippen LogP) is 7.33. The summed E-state index contributed by atoms with van der Waals surface area (Å²) in [6.07, 6.45) is 4.79. The zero-order valence-corrected chi connectivity index (χ0v) is 18.8. The number of ether oxygens (including phenoxy) is 1. The van der Waals surface area contributed by atoms with Crippen molar-refractivity contribution in [3.63, 3.8) is 0 Å². The molecule has 1 aromatic carbocycles. The number of aromatic nitrogens is 2. The molecule has 2 aromatic rings. The van der Waals surface area contributed by atoms with E-state index in [4.69, 9.17) is 32.9 Å². The number of hydrogen-bond donors (Lipinski definition) is 0. The quantitative estimate of drug-likeness (QED) is 0.463. The summed E-state index contributed by atoms with van der Waals surface area (Å²) in [6.45, 7) is 10.2. The van der Waals surface area contributed by atoms with Gasteiger partial charge in [-0.15, -0.1) is 0 Å². The fourth-order valence-corrected chi connectivity index (χ4v) is 5.61. The first kappa shape index (κ1) is 21.0. The summed E-state index contributed by atoms with van der Waals surface area (Å²) in [6, 6.07) is 5.66. The van der Waals surface area contributed by atoms with Crippen LogP contribution in [-0.2, 0) is 17.9 Å². The number of benzene rings is 1. The van der Waals surface area contributed by atoms with Gasteiger partial charge in [-0.2, -0.15) is 0 Å². The Labute approximate surface area is 176 Å². The Balaban J connectivity index is 1.90. The Kier molecular flexibility index (Phi) is 6.83. The molecule has 0 saturated heterocycles. The molecule has 1 fully saturated rings. The molecular formula is C21H28Cl2N2OS. The molecule has 0 atom stereocenters. The molecule has 0 unspecified atom stereocenters. The van der Waals surface area contributed by atoms with Crippen LogP contribution >= 0.6 is 35.0 Å². The first-order valence-corrected chi connectivity index (χ1v) is 11.3. The third-order valence-electron chi connectivity index (χ3n) is 5.15. The standard InChI is InChI=1S/C21H28Cl2N2OS/c1-5-25-18(13-26-21(4)8-6-7-9-21)24-19(14(2)3)20(25)27-17-11-15(22)10-16(23)12-17/h10-12,14H,5-9,13H2,1-4H3. The average Bonchev–Trinajstić information content (AvgIpc) is 3.16. The highest BCUT2D eigenvalue weighted by molar-refractivity contribution is 7.99. The van der Waals surface area contributed by atoms with E-state index in [-0.39, 0.29) is 5.60 Å². The summed E-state index contributed by atoms with van der Waals surface area (Å²) >= 11 is 14.1. The van der Waals surface area contributed by atoms with Crippen LogP contribution in [0.2, 0.25) is 10.0 Å². The summed E-state index contributed by atoms with van der Waals surface area (Å²) in [5, 5.41) is 2.45. The van der Waals surface area contributed by atoms with Crippen LogP contribution in [0.5, 0.6) is 0 Å². The van der Waals surface area contributed by atoms with Gasteiger partial charge >= 0.3 is 0 Å². The van der Waals surface area contributed by atoms with Gasteiger partial charge in [-0.1, -0.05) is 61.7 Å². The molecule has 3 nitrogen and oxygen atoms in total. The number of hydrogen-bond acceptors (Lipinski definition) is 3. The van der Waals surface area contributed by atoms with Gasteiger partial charge in [-0.05, 0) is 50.8 Å². The molecule has 148 valence electrons. The summed E-state index contributed by atoms with van der Waals surface area (Å²) < 4.78 is 8.59. The fraction of sp³-hybridized carbons (Fsp3) is 0.571. The summed E-state index contributed by atoms with van der Waals surface area (Å²) in [4.78, 5) is 5.99. The Bertz CT molecular complexity index is 777. The van der Waals surface area contributed by atoms with Crippen molar-refractivity contribution in [2.75, 3.05) is 0 Å². The smallest absolute Gasteiger partial charge is 0.136 e. The Morgan fingerprint density at radius 2 is 1.81 bits per heavy atom. The monoisotopic (exact) mass is 426 g/mol. The summed E-state index contributed by atoms with van der Waals surface area (Å²) in [7, 11) is 0. The van der Waals surface area contributed by atoms with Crippen LogP contribution < -0.4 is 0 Å². The van der Waals surface area contributed by atoms with Gasteiger partial charge in [-0.3, -0.25) is 0 Å². The van der Waals surface area contributed by atoms with Crippen molar-refractivity contribution < 1.29 is 4.74 Å². The average molecular weight is 427 g/mol. The minimum Gasteiger partial charge on any atom is -0.367 e. The molecule has 1 saturated carbocycles. The van der Waals surface area contributed by atoms with Gasteiger partial charge in [0.15, 0.2) is 0 Å². The van der Waals surface area contributed by atoms with Crippen LogP contribution in [-0.4, -0.2) is 15.2 Å². The Hall–Kier alpha value is -0.680. The van der Waals surface area contributed by atoms with Crippen LogP contribution in [0, 0.1) is 0 Å². The number of imidazole rings is 1. The second-order valence-electron chi connectivity index (χ2n) is 7.77. The van der Waals surface area contributed by atoms with E-state index in [1.807, 2.05) is 12.1 Å². The van der Waals surface area contributed by atoms with Crippen molar-refractivity contribution in [1.29, 1.82) is 0 Å². The van der Waals surface area contributed by atoms with E-state index in [0.29, 0.717) is 22.6 Å². The molecule has 6 heteroatoms. The van der Waals surface area contributed by atoms with Gasteiger partial charge in [0.1, 0.15) is 17.5 Å². The lowest BCUT2D eigenvalue weighted by atomic mass is 10.1. The maximum atomic E-state index is 6.32. The highest BCUT2D eigenvalue weighted by atomic mass is 35.5. The van der Waals surface area contributed by atoms with E-state index in [1.54, 1.807) is 17.8 Å². The van der Waals surface area contributed by atoms with E-state index in [9.17, 15) is 0 Å². The number of halogens is 2. The van der Waals surface area contributed by atoms with Crippen molar-refractivity contribution in [3.8, 4) is 0 Å². The van der Waals surface area contributed by atoms with Crippen molar-refractivity contribution in [2.24, 2.45) is 0 Å². The maximum absolute atomic E-state index is 6.32. The highest BCUT2D eigenvalue weighted by Crippen LogP contribution is 2.38. The second-order valence-corrected chi connectivity index (χ2v) is 9.71. The molecule has 0 bridgehead atoms. The largest absolute Gasteiger partial charge is 0.367 e. The summed E-state index contributed by atoms with van der Waals surface area (Å²) in [5.74, 6) is 1.33. The van der Waals surface area contributed by atoms with Crippen LogP contribution in [0.15, 0.2) is 28.1 Å². The van der Waals surface area contributed by atoms with Crippen LogP contribution in [0.3, 0.4) is 0 Å². The normalized spacial score (nSPS) is 16.4. The predicted molar refractivity (Wildman–Crippen MR) is 114 cm³/mol. The SMILES string of the molecule is CCn1c(COC2(C)CCCC2)nc(C(C)C)c1Sc1cc(Cl)cc(Cl)c1.